The molecule has 210 valence electrons. The van der Waals surface area contributed by atoms with Crippen LogP contribution in [0.4, 0.5) is 0 Å². The predicted molar refractivity (Wildman–Crippen MR) is 148 cm³/mol. The molecule has 0 aromatic carbocycles. The van der Waals surface area contributed by atoms with Crippen molar-refractivity contribution >= 4 is 29.5 Å². The Kier molecular flexibility index (Phi) is 7.77. The lowest BCUT2D eigenvalue weighted by Crippen LogP contribution is -2.64. The van der Waals surface area contributed by atoms with Crippen molar-refractivity contribution < 1.29 is 24.2 Å². The fraction of sp³-hybridized carbons (Fsp3) is 0.767. The van der Waals surface area contributed by atoms with Crippen molar-refractivity contribution in [2.24, 2.45) is 16.7 Å². The molecular weight excluding hydrogens is 500 g/mol. The molecule has 0 radical (unpaired) electrons. The molecule has 5 unspecified atom stereocenters. The fourth-order valence-corrected chi connectivity index (χ4v) is 8.81. The van der Waals surface area contributed by atoms with Crippen LogP contribution in [0.1, 0.15) is 85.0 Å². The van der Waals surface area contributed by atoms with Crippen LogP contribution in [-0.4, -0.2) is 69.6 Å². The zero-order chi connectivity index (χ0) is 27.1. The van der Waals surface area contributed by atoms with Gasteiger partial charge in [0.1, 0.15) is 23.8 Å². The molecule has 2 bridgehead atoms. The molecule has 8 heteroatoms. The second-order valence-corrected chi connectivity index (χ2v) is 14.1. The molecular formula is C30H44N2O5S. The van der Waals surface area contributed by atoms with Crippen LogP contribution in [0, 0.1) is 16.7 Å². The van der Waals surface area contributed by atoms with E-state index in [4.69, 9.17) is 4.74 Å². The first kappa shape index (κ1) is 27.8. The molecule has 3 aliphatic carbocycles. The number of hydrogen-bond acceptors (Lipinski definition) is 6. The summed E-state index contributed by atoms with van der Waals surface area (Å²) in [6.45, 7) is 7.34. The van der Waals surface area contributed by atoms with Gasteiger partial charge in [0.05, 0.1) is 0 Å². The average molecular weight is 545 g/mol. The summed E-state index contributed by atoms with van der Waals surface area (Å²) in [6, 6.07) is -0.612. The van der Waals surface area contributed by atoms with Gasteiger partial charge in [-0.25, -0.2) is 4.79 Å². The van der Waals surface area contributed by atoms with Gasteiger partial charge in [0.2, 0.25) is 11.8 Å². The van der Waals surface area contributed by atoms with Crippen LogP contribution in [0.3, 0.4) is 0 Å². The Morgan fingerprint density at radius 3 is 2.55 bits per heavy atom. The van der Waals surface area contributed by atoms with Crippen molar-refractivity contribution in [3.05, 3.63) is 23.8 Å². The summed E-state index contributed by atoms with van der Waals surface area (Å²) < 4.78 is 6.20. The third-order valence-electron chi connectivity index (χ3n) is 10.7. The Hall–Kier alpha value is -1.80. The number of nitrogens with one attached hydrogen (secondary N) is 1. The first-order valence-corrected chi connectivity index (χ1v) is 15.7. The average Bonchev–Trinajstić information content (AvgIpc) is 3.53. The van der Waals surface area contributed by atoms with Crippen molar-refractivity contribution in [2.45, 2.75) is 109 Å². The molecule has 38 heavy (non-hydrogen) atoms. The molecule has 5 atom stereocenters. The Morgan fingerprint density at radius 1 is 1.16 bits per heavy atom. The maximum Gasteiger partial charge on any atom is 0.329 e. The zero-order valence-corrected chi connectivity index (χ0v) is 24.0. The van der Waals surface area contributed by atoms with Gasteiger partial charge < -0.3 is 20.1 Å². The van der Waals surface area contributed by atoms with Crippen LogP contribution in [0.5, 0.6) is 0 Å². The summed E-state index contributed by atoms with van der Waals surface area (Å²) in [5.74, 6) is 1.05. The van der Waals surface area contributed by atoms with Gasteiger partial charge in [-0.05, 0) is 86.2 Å². The molecule has 2 saturated heterocycles. The molecule has 5 rings (SSSR count). The molecule has 0 aromatic heterocycles. The highest BCUT2D eigenvalue weighted by Gasteiger charge is 2.63. The van der Waals surface area contributed by atoms with E-state index in [1.54, 1.807) is 16.7 Å². The molecule has 5 aliphatic rings. The molecule has 2 aliphatic heterocycles. The number of thioether (sulfide) groups is 1. The number of fused-ring (bicyclic) bond motifs is 2. The van der Waals surface area contributed by atoms with Crippen LogP contribution in [0.15, 0.2) is 23.8 Å². The van der Waals surface area contributed by atoms with E-state index in [1.807, 2.05) is 18.2 Å². The Labute approximate surface area is 231 Å². The first-order chi connectivity index (χ1) is 18.1. The second kappa shape index (κ2) is 10.6. The summed E-state index contributed by atoms with van der Waals surface area (Å²) in [4.78, 5) is 42.4. The summed E-state index contributed by atoms with van der Waals surface area (Å²) >= 11 is 1.76. The van der Waals surface area contributed by atoms with E-state index in [0.717, 1.165) is 49.2 Å². The molecule has 2 saturated carbocycles. The number of carbonyl (C=O) groups excluding carboxylic acids is 3. The maximum absolute atomic E-state index is 14.1. The SMILES string of the molecule is CC1(C)C2CCC1(C)C(OC(=O)C1CCCN1C(=O)C1(NC(=O)C(O)CC3=CCCC=C3)CCSCC1)C2. The number of allylic oxidation sites excluding steroid dienone is 3. The quantitative estimate of drug-likeness (QED) is 0.468. The van der Waals surface area contributed by atoms with E-state index < -0.39 is 23.6 Å². The van der Waals surface area contributed by atoms with Crippen molar-refractivity contribution in [2.75, 3.05) is 18.1 Å². The molecule has 7 nitrogen and oxygen atoms in total. The number of nitrogens with zero attached hydrogens (tertiary/aromatic N) is 1. The van der Waals surface area contributed by atoms with E-state index in [2.05, 4.69) is 26.1 Å². The van der Waals surface area contributed by atoms with Crippen molar-refractivity contribution in [3.8, 4) is 0 Å². The van der Waals surface area contributed by atoms with Crippen LogP contribution >= 0.6 is 11.8 Å². The summed E-state index contributed by atoms with van der Waals surface area (Å²) in [6.07, 6.45) is 12.3. The standard InChI is InChI=1S/C30H44N2O5S/c1-28(2)21-11-12-29(28,3)24(19-21)37-26(35)22-10-7-15-32(22)27(36)30(13-16-38-17-14-30)31-25(34)23(33)18-20-8-5-4-6-9-20/h5,8-9,21-24,33H,4,6-7,10-19H2,1-3H3,(H,31,34). The predicted octanol–water partition coefficient (Wildman–Crippen LogP) is 4.14. The van der Waals surface area contributed by atoms with E-state index >= 15 is 0 Å². The van der Waals surface area contributed by atoms with Crippen molar-refractivity contribution in [3.63, 3.8) is 0 Å². The Morgan fingerprint density at radius 2 is 1.92 bits per heavy atom. The smallest absolute Gasteiger partial charge is 0.329 e. The lowest BCUT2D eigenvalue weighted by Gasteiger charge is -2.41. The highest BCUT2D eigenvalue weighted by atomic mass is 32.2. The Balaban J connectivity index is 1.27. The highest BCUT2D eigenvalue weighted by Crippen LogP contribution is 2.66. The van der Waals surface area contributed by atoms with Crippen molar-refractivity contribution in [1.82, 2.24) is 10.2 Å². The van der Waals surface area contributed by atoms with E-state index in [0.29, 0.717) is 31.7 Å². The minimum atomic E-state index is -1.22. The molecule has 2 amide bonds. The largest absolute Gasteiger partial charge is 0.460 e. The molecule has 2 N–H and O–H groups in total. The van der Waals surface area contributed by atoms with Crippen LogP contribution in [-0.2, 0) is 19.1 Å². The number of ether oxygens (including phenoxy) is 1. The Bertz CT molecular complexity index is 1020. The van der Waals surface area contributed by atoms with Gasteiger partial charge in [-0.1, -0.05) is 39.0 Å². The lowest BCUT2D eigenvalue weighted by molar-refractivity contribution is -0.166. The summed E-state index contributed by atoms with van der Waals surface area (Å²) in [5.41, 5.74) is -0.0427. The second-order valence-electron chi connectivity index (χ2n) is 12.9. The minimum Gasteiger partial charge on any atom is -0.460 e. The van der Waals surface area contributed by atoms with Gasteiger partial charge in [-0.2, -0.15) is 11.8 Å². The van der Waals surface area contributed by atoms with Crippen molar-refractivity contribution in [1.29, 1.82) is 0 Å². The van der Waals surface area contributed by atoms with Crippen LogP contribution < -0.4 is 5.32 Å². The third-order valence-corrected chi connectivity index (χ3v) is 11.7. The number of aliphatic hydroxyl groups is 1. The summed E-state index contributed by atoms with van der Waals surface area (Å²) in [7, 11) is 0. The highest BCUT2D eigenvalue weighted by molar-refractivity contribution is 7.99. The first-order valence-electron chi connectivity index (χ1n) is 14.5. The number of rotatable bonds is 7. The third kappa shape index (κ3) is 4.85. The zero-order valence-electron chi connectivity index (χ0n) is 23.2. The van der Waals surface area contributed by atoms with Gasteiger partial charge in [0.25, 0.3) is 0 Å². The minimum absolute atomic E-state index is 0.0321. The molecule has 0 aromatic rings. The number of likely N-dealkylation sites (tertiary alicyclic amines) is 1. The van der Waals surface area contributed by atoms with Crippen LogP contribution in [0.2, 0.25) is 0 Å². The lowest BCUT2D eigenvalue weighted by atomic mass is 9.70. The normalized spacial score (nSPS) is 34.1. The maximum atomic E-state index is 14.1. The topological polar surface area (TPSA) is 95.9 Å². The van der Waals surface area contributed by atoms with E-state index in [9.17, 15) is 19.5 Å². The number of amides is 2. The van der Waals surface area contributed by atoms with Gasteiger partial charge >= 0.3 is 5.97 Å². The number of hydrogen-bond donors (Lipinski definition) is 2. The van der Waals surface area contributed by atoms with Gasteiger partial charge in [-0.3, -0.25) is 9.59 Å². The molecule has 2 heterocycles. The molecule has 4 fully saturated rings. The van der Waals surface area contributed by atoms with Gasteiger partial charge in [0.15, 0.2) is 0 Å². The summed E-state index contributed by atoms with van der Waals surface area (Å²) in [5, 5.41) is 13.7. The molecule has 0 spiro atoms. The monoisotopic (exact) mass is 544 g/mol. The fourth-order valence-electron chi connectivity index (χ4n) is 7.62. The van der Waals surface area contributed by atoms with Crippen LogP contribution in [0.25, 0.3) is 0 Å². The van der Waals surface area contributed by atoms with Gasteiger partial charge in [0, 0.05) is 18.4 Å². The number of aliphatic hydroxyl groups excluding tert-OH is 1. The van der Waals surface area contributed by atoms with E-state index in [1.165, 1.54) is 6.42 Å². The number of carbonyl (C=O) groups is 3. The van der Waals surface area contributed by atoms with E-state index in [-0.39, 0.29) is 35.2 Å². The number of esters is 1. The van der Waals surface area contributed by atoms with Gasteiger partial charge in [-0.15, -0.1) is 0 Å².